The Bertz CT molecular complexity index is 388. The summed E-state index contributed by atoms with van der Waals surface area (Å²) in [7, 11) is -9.07. The van der Waals surface area contributed by atoms with Gasteiger partial charge >= 0.3 is 0 Å². The van der Waals surface area contributed by atoms with Gasteiger partial charge in [-0.15, -0.1) is 0 Å². The minimum Gasteiger partial charge on any atom is -0.305 e. The van der Waals surface area contributed by atoms with Gasteiger partial charge in [0.05, 0.1) is 0 Å². The molecule has 0 aromatic rings. The van der Waals surface area contributed by atoms with Gasteiger partial charge in [-0.25, -0.2) is 4.21 Å². The van der Waals surface area contributed by atoms with Crippen LogP contribution in [0.1, 0.15) is 0 Å². The van der Waals surface area contributed by atoms with Gasteiger partial charge in [-0.05, 0) is 0 Å². The predicted molar refractivity (Wildman–Crippen MR) is 50.3 cm³/mol. The van der Waals surface area contributed by atoms with E-state index in [1.165, 1.54) is 0 Å². The van der Waals surface area contributed by atoms with Crippen molar-refractivity contribution in [2.45, 2.75) is 0 Å². The van der Waals surface area contributed by atoms with Crippen LogP contribution < -0.4 is 0 Å². The standard InChI is InChI=1S/C3H9NO8S3/c5-13(6)1-4(2-14(7,8)9)3-15(10,11)12/h1-3H2,(H,5,6)(H,7,8,9)(H,10,11,12). The van der Waals surface area contributed by atoms with Crippen LogP contribution in [0.2, 0.25) is 0 Å². The monoisotopic (exact) mass is 283 g/mol. The van der Waals surface area contributed by atoms with Crippen molar-refractivity contribution in [2.24, 2.45) is 0 Å². The molecule has 9 nitrogen and oxygen atoms in total. The third kappa shape index (κ3) is 10.2. The van der Waals surface area contributed by atoms with Crippen LogP contribution in [-0.4, -0.2) is 57.2 Å². The first-order chi connectivity index (χ1) is 6.49. The van der Waals surface area contributed by atoms with Crippen LogP contribution in [0.3, 0.4) is 0 Å². The minimum atomic E-state index is -4.54. The third-order valence-corrected chi connectivity index (χ3v) is 2.95. The Hall–Kier alpha value is -0.110. The number of hydrogen-bond acceptors (Lipinski definition) is 6. The van der Waals surface area contributed by atoms with E-state index >= 15 is 0 Å². The van der Waals surface area contributed by atoms with Crippen molar-refractivity contribution in [3.05, 3.63) is 0 Å². The summed E-state index contributed by atoms with van der Waals surface area (Å²) < 4.78 is 76.9. The van der Waals surface area contributed by atoms with Gasteiger partial charge in [0.25, 0.3) is 20.2 Å². The van der Waals surface area contributed by atoms with Crippen LogP contribution in [0.5, 0.6) is 0 Å². The molecule has 0 aromatic carbocycles. The molecule has 3 N–H and O–H groups in total. The van der Waals surface area contributed by atoms with Gasteiger partial charge in [0.2, 0.25) is 0 Å². The average molecular weight is 283 g/mol. The van der Waals surface area contributed by atoms with E-state index in [9.17, 15) is 21.0 Å². The largest absolute Gasteiger partial charge is 0.305 e. The molecule has 0 aromatic heterocycles. The van der Waals surface area contributed by atoms with E-state index in [-0.39, 0.29) is 0 Å². The van der Waals surface area contributed by atoms with E-state index < -0.39 is 48.9 Å². The molecular weight excluding hydrogens is 274 g/mol. The maximum Gasteiger partial charge on any atom is 0.278 e. The Labute approximate surface area is 88.9 Å². The summed E-state index contributed by atoms with van der Waals surface area (Å²) in [5.74, 6) is -3.17. The predicted octanol–water partition coefficient (Wildman–Crippen LogP) is -1.84. The topological polar surface area (TPSA) is 149 Å². The van der Waals surface area contributed by atoms with Crippen LogP contribution >= 0.6 is 0 Å². The van der Waals surface area contributed by atoms with E-state index in [1.807, 2.05) is 0 Å². The van der Waals surface area contributed by atoms with Gasteiger partial charge in [0.1, 0.15) is 17.6 Å². The zero-order chi connectivity index (χ0) is 12.3. The lowest BCUT2D eigenvalue weighted by atomic mass is 11.0. The highest BCUT2D eigenvalue weighted by Gasteiger charge is 2.20. The fourth-order valence-corrected chi connectivity index (χ4v) is 2.86. The highest BCUT2D eigenvalue weighted by Crippen LogP contribution is 1.98. The molecule has 0 bridgehead atoms. The molecule has 0 amide bonds. The highest BCUT2D eigenvalue weighted by atomic mass is 32.2. The zero-order valence-electron chi connectivity index (χ0n) is 7.18. The maximum atomic E-state index is 10.4. The number of rotatable bonds is 6. The van der Waals surface area contributed by atoms with Gasteiger partial charge < -0.3 is 4.55 Å². The first-order valence-corrected chi connectivity index (χ1v) is 7.69. The lowest BCUT2D eigenvalue weighted by Gasteiger charge is -2.16. The SMILES string of the molecule is O=S(O)CN(CS(=O)(=O)O)CS(=O)(=O)O. The second kappa shape index (κ2) is 5.29. The molecule has 1 atom stereocenters. The van der Waals surface area contributed by atoms with E-state index in [0.29, 0.717) is 4.90 Å². The molecule has 0 aliphatic rings. The summed E-state index contributed by atoms with van der Waals surface area (Å²) in [6, 6.07) is 0. The molecule has 0 heterocycles. The van der Waals surface area contributed by atoms with Gasteiger partial charge in [-0.3, -0.25) is 14.0 Å². The second-order valence-electron chi connectivity index (χ2n) is 2.54. The van der Waals surface area contributed by atoms with Gasteiger partial charge in [-0.2, -0.15) is 16.8 Å². The summed E-state index contributed by atoms with van der Waals surface area (Å²) in [6.45, 7) is 0. The van der Waals surface area contributed by atoms with Crippen LogP contribution in [0, 0.1) is 0 Å². The normalized spacial score (nSPS) is 15.5. The third-order valence-electron chi connectivity index (χ3n) is 0.984. The summed E-state index contributed by atoms with van der Waals surface area (Å²) >= 11 is -2.49. The summed E-state index contributed by atoms with van der Waals surface area (Å²) in [5.41, 5.74) is 0. The second-order valence-corrected chi connectivity index (χ2v) is 6.29. The summed E-state index contributed by atoms with van der Waals surface area (Å²) in [6.07, 6.45) is 0. The molecule has 1 unspecified atom stereocenters. The highest BCUT2D eigenvalue weighted by molar-refractivity contribution is 7.86. The molecule has 0 aliphatic heterocycles. The van der Waals surface area contributed by atoms with Crippen molar-refractivity contribution in [1.82, 2.24) is 4.90 Å². The van der Waals surface area contributed by atoms with Gasteiger partial charge in [-0.1, -0.05) is 0 Å². The van der Waals surface area contributed by atoms with Crippen LogP contribution in [-0.2, 0) is 31.3 Å². The first kappa shape index (κ1) is 14.9. The molecule has 15 heavy (non-hydrogen) atoms. The molecule has 0 rings (SSSR count). The molecule has 0 spiro atoms. The maximum absolute atomic E-state index is 10.4. The minimum absolute atomic E-state index is 0.390. The lowest BCUT2D eigenvalue weighted by molar-refractivity contribution is 0.363. The Morgan fingerprint density at radius 1 is 1.00 bits per heavy atom. The van der Waals surface area contributed by atoms with Gasteiger partial charge in [0, 0.05) is 0 Å². The Balaban J connectivity index is 4.67. The molecule has 0 radical (unpaired) electrons. The fourth-order valence-electron chi connectivity index (χ4n) is 0.729. The Morgan fingerprint density at radius 2 is 1.33 bits per heavy atom. The molecule has 0 saturated heterocycles. The molecule has 0 aliphatic carbocycles. The van der Waals surface area contributed by atoms with Crippen molar-refractivity contribution in [3.63, 3.8) is 0 Å². The quantitative estimate of drug-likeness (QED) is 0.377. The summed E-state index contributed by atoms with van der Waals surface area (Å²) in [4.78, 5) is 0.390. The fraction of sp³-hybridized carbons (Fsp3) is 1.00. The average Bonchev–Trinajstić information content (AvgIpc) is 1.73. The van der Waals surface area contributed by atoms with E-state index in [2.05, 4.69) is 0 Å². The number of hydrogen-bond donors (Lipinski definition) is 3. The van der Waals surface area contributed by atoms with Crippen LogP contribution in [0.4, 0.5) is 0 Å². The lowest BCUT2D eigenvalue weighted by Crippen LogP contribution is -2.36. The molecule has 0 fully saturated rings. The van der Waals surface area contributed by atoms with Crippen molar-refractivity contribution in [3.8, 4) is 0 Å². The Kier molecular flexibility index (Phi) is 5.25. The van der Waals surface area contributed by atoms with Crippen molar-refractivity contribution in [1.29, 1.82) is 0 Å². The van der Waals surface area contributed by atoms with Crippen molar-refractivity contribution >= 4 is 31.3 Å². The smallest absolute Gasteiger partial charge is 0.278 e. The first-order valence-electron chi connectivity index (χ1n) is 3.20. The molecule has 12 heteroatoms. The zero-order valence-corrected chi connectivity index (χ0v) is 9.63. The van der Waals surface area contributed by atoms with Crippen molar-refractivity contribution in [2.75, 3.05) is 17.6 Å². The van der Waals surface area contributed by atoms with Crippen LogP contribution in [0.25, 0.3) is 0 Å². The van der Waals surface area contributed by atoms with Gasteiger partial charge in [0.15, 0.2) is 11.1 Å². The summed E-state index contributed by atoms with van der Waals surface area (Å²) in [5, 5.41) is 0. The molecule has 92 valence electrons. The van der Waals surface area contributed by atoms with E-state index in [4.69, 9.17) is 13.7 Å². The van der Waals surface area contributed by atoms with E-state index in [1.54, 1.807) is 0 Å². The number of nitrogens with zero attached hydrogens (tertiary/aromatic N) is 1. The van der Waals surface area contributed by atoms with E-state index in [0.717, 1.165) is 0 Å². The Morgan fingerprint density at radius 3 is 1.53 bits per heavy atom. The molecule has 0 saturated carbocycles. The van der Waals surface area contributed by atoms with Crippen molar-refractivity contribution < 1.29 is 34.7 Å². The molecular formula is C3H9NO8S3. The van der Waals surface area contributed by atoms with Crippen LogP contribution in [0.15, 0.2) is 0 Å².